The summed E-state index contributed by atoms with van der Waals surface area (Å²) in [6, 6.07) is 17.7. The molecular weight excluding hydrogens is 340 g/mol. The molecule has 0 unspecified atom stereocenters. The second-order valence-electron chi connectivity index (χ2n) is 8.56. The van der Waals surface area contributed by atoms with Crippen LogP contribution in [0.25, 0.3) is 5.53 Å². The van der Waals surface area contributed by atoms with Gasteiger partial charge in [-0.3, -0.25) is 0 Å². The summed E-state index contributed by atoms with van der Waals surface area (Å²) in [6.07, 6.45) is 5.76. The zero-order chi connectivity index (χ0) is 20.9. The molecule has 0 aliphatic rings. The zero-order valence-electron chi connectivity index (χ0n) is 18.7. The van der Waals surface area contributed by atoms with Crippen molar-refractivity contribution >= 4 is 6.21 Å². The van der Waals surface area contributed by atoms with Gasteiger partial charge in [0.05, 0.1) is 0 Å². The lowest BCUT2D eigenvalue weighted by atomic mass is 9.98. The molecule has 0 N–H and O–H groups in total. The maximum atomic E-state index is 8.23. The molecule has 0 heterocycles. The summed E-state index contributed by atoms with van der Waals surface area (Å²) < 4.78 is 0. The second-order valence-corrected chi connectivity index (χ2v) is 8.56. The van der Waals surface area contributed by atoms with Crippen LogP contribution in [0.4, 0.5) is 0 Å². The lowest BCUT2D eigenvalue weighted by molar-refractivity contribution is 0.000932. The van der Waals surface area contributed by atoms with E-state index in [4.69, 9.17) is 5.53 Å². The highest BCUT2D eigenvalue weighted by atomic mass is 14.8. The van der Waals surface area contributed by atoms with E-state index in [1.54, 1.807) is 0 Å². The van der Waals surface area contributed by atoms with Gasteiger partial charge in [0.2, 0.25) is 0 Å². The lowest BCUT2D eigenvalue weighted by Gasteiger charge is -2.08. The van der Waals surface area contributed by atoms with Gasteiger partial charge in [0, 0.05) is 6.42 Å². The molecule has 2 heteroatoms. The Labute approximate surface area is 172 Å². The van der Waals surface area contributed by atoms with Crippen LogP contribution in [-0.4, -0.2) is 11.0 Å². The maximum Gasteiger partial charge on any atom is 0.257 e. The fourth-order valence-electron chi connectivity index (χ4n) is 2.88. The fraction of sp³-hybridized carbons (Fsp3) is 0.500. The number of benzene rings is 2. The van der Waals surface area contributed by atoms with E-state index >= 15 is 0 Å². The van der Waals surface area contributed by atoms with Crippen LogP contribution in [0.3, 0.4) is 0 Å². The van der Waals surface area contributed by atoms with Gasteiger partial charge < -0.3 is 5.53 Å². The first-order valence-electron chi connectivity index (χ1n) is 10.7. The average molecular weight is 379 g/mol. The highest BCUT2D eigenvalue weighted by molar-refractivity contribution is 5.50. The molecule has 28 heavy (non-hydrogen) atoms. The van der Waals surface area contributed by atoms with Gasteiger partial charge in [0.15, 0.2) is 0 Å². The molecule has 0 saturated heterocycles. The van der Waals surface area contributed by atoms with Gasteiger partial charge in [0.1, 0.15) is 0 Å². The quantitative estimate of drug-likeness (QED) is 0.260. The highest BCUT2D eigenvalue weighted by Crippen LogP contribution is 2.17. The largest absolute Gasteiger partial charge is 0.362 e. The molecule has 0 bridgehead atoms. The summed E-state index contributed by atoms with van der Waals surface area (Å²) in [7, 11) is 0. The van der Waals surface area contributed by atoms with Crippen molar-refractivity contribution in [2.24, 2.45) is 5.92 Å². The van der Waals surface area contributed by atoms with Crippen molar-refractivity contribution in [1.29, 1.82) is 0 Å². The van der Waals surface area contributed by atoms with Crippen molar-refractivity contribution in [2.45, 2.75) is 79.1 Å². The van der Waals surface area contributed by atoms with Crippen LogP contribution in [0, 0.1) is 5.92 Å². The molecule has 2 rings (SSSR count). The van der Waals surface area contributed by atoms with Crippen molar-refractivity contribution in [3.8, 4) is 0 Å². The van der Waals surface area contributed by atoms with Crippen LogP contribution in [-0.2, 0) is 12.8 Å². The SMILES string of the molecule is CC(C)CCc1ccc(C(C)C)cc1.CC(C)c1ccc(CCC=[N+]=[N-])cc1. The molecule has 0 spiro atoms. The standard InChI is InChI=1S/C14H22.C12H16N2/c1-11(2)5-6-13-7-9-14(10-8-13)12(3)4;1-10(2)12-7-5-11(6-8-12)4-3-9-14-13/h7-12H,5-6H2,1-4H3;5-10H,3-4H2,1-2H3. The zero-order valence-corrected chi connectivity index (χ0v) is 18.7. The van der Waals surface area contributed by atoms with Crippen LogP contribution in [0.5, 0.6) is 0 Å². The van der Waals surface area contributed by atoms with Crippen LogP contribution in [0.1, 0.15) is 88.5 Å². The lowest BCUT2D eigenvalue weighted by Crippen LogP contribution is -1.93. The second kappa shape index (κ2) is 13.1. The average Bonchev–Trinajstić information content (AvgIpc) is 2.68. The number of nitrogens with zero attached hydrogens (tertiary/aromatic N) is 2. The molecule has 0 fully saturated rings. The molecule has 0 aromatic heterocycles. The van der Waals surface area contributed by atoms with Gasteiger partial charge in [-0.25, -0.2) is 0 Å². The van der Waals surface area contributed by atoms with E-state index in [2.05, 4.69) is 94.9 Å². The third kappa shape index (κ3) is 9.67. The van der Waals surface area contributed by atoms with Crippen molar-refractivity contribution in [2.75, 3.05) is 0 Å². The normalized spacial score (nSPS) is 10.6. The molecule has 2 aromatic carbocycles. The van der Waals surface area contributed by atoms with Crippen LogP contribution in [0.15, 0.2) is 48.5 Å². The Kier molecular flexibility index (Phi) is 11.1. The Balaban J connectivity index is 0.000000280. The summed E-state index contributed by atoms with van der Waals surface area (Å²) in [5, 5.41) is 0. The topological polar surface area (TPSA) is 36.4 Å². The number of aryl methyl sites for hydroxylation is 2. The first-order chi connectivity index (χ1) is 13.3. The third-order valence-electron chi connectivity index (χ3n) is 4.95. The first kappa shape index (κ1) is 23.9. The Morgan fingerprint density at radius 1 is 0.714 bits per heavy atom. The molecule has 0 radical (unpaired) electrons. The smallest absolute Gasteiger partial charge is 0.257 e. The minimum Gasteiger partial charge on any atom is -0.362 e. The maximum absolute atomic E-state index is 8.23. The minimum atomic E-state index is 0.586. The Bertz CT molecular complexity index is 703. The van der Waals surface area contributed by atoms with Crippen molar-refractivity contribution in [3.63, 3.8) is 0 Å². The van der Waals surface area contributed by atoms with E-state index in [9.17, 15) is 0 Å². The van der Waals surface area contributed by atoms with Gasteiger partial charge in [-0.2, -0.15) is 4.79 Å². The van der Waals surface area contributed by atoms with E-state index in [0.29, 0.717) is 11.8 Å². The summed E-state index contributed by atoms with van der Waals surface area (Å²) in [5.74, 6) is 2.04. The number of rotatable bonds is 8. The third-order valence-corrected chi connectivity index (χ3v) is 4.95. The molecule has 2 nitrogen and oxygen atoms in total. The van der Waals surface area contributed by atoms with Crippen LogP contribution < -0.4 is 0 Å². The molecule has 2 aromatic rings. The van der Waals surface area contributed by atoms with Gasteiger partial charge >= 0.3 is 0 Å². The summed E-state index contributed by atoms with van der Waals surface area (Å²) >= 11 is 0. The number of hydrogen-bond acceptors (Lipinski definition) is 0. The molecule has 0 amide bonds. The van der Waals surface area contributed by atoms with Gasteiger partial charge in [-0.15, -0.1) is 0 Å². The van der Waals surface area contributed by atoms with Crippen LogP contribution in [0.2, 0.25) is 0 Å². The van der Waals surface area contributed by atoms with Crippen molar-refractivity contribution in [3.05, 3.63) is 76.3 Å². The summed E-state index contributed by atoms with van der Waals surface area (Å²) in [6.45, 7) is 13.4. The molecule has 0 atom stereocenters. The van der Waals surface area contributed by atoms with Gasteiger partial charge in [-0.05, 0) is 59.3 Å². The Morgan fingerprint density at radius 3 is 1.50 bits per heavy atom. The fourth-order valence-corrected chi connectivity index (χ4v) is 2.88. The molecule has 0 saturated carbocycles. The molecule has 0 aliphatic carbocycles. The van der Waals surface area contributed by atoms with E-state index in [0.717, 1.165) is 18.8 Å². The predicted molar refractivity (Wildman–Crippen MR) is 122 cm³/mol. The van der Waals surface area contributed by atoms with Crippen molar-refractivity contribution in [1.82, 2.24) is 0 Å². The van der Waals surface area contributed by atoms with E-state index < -0.39 is 0 Å². The highest BCUT2D eigenvalue weighted by Gasteiger charge is 2.00. The van der Waals surface area contributed by atoms with Gasteiger partial charge in [-0.1, -0.05) is 90.1 Å². The minimum absolute atomic E-state index is 0.586. The van der Waals surface area contributed by atoms with E-state index in [1.165, 1.54) is 41.3 Å². The van der Waals surface area contributed by atoms with E-state index in [-0.39, 0.29) is 0 Å². The molecular formula is C26H38N2. The summed E-state index contributed by atoms with van der Waals surface area (Å²) in [5.41, 5.74) is 13.8. The number of hydrogen-bond donors (Lipinski definition) is 0. The first-order valence-corrected chi connectivity index (χ1v) is 10.7. The molecule has 0 aliphatic heterocycles. The monoisotopic (exact) mass is 378 g/mol. The predicted octanol–water partition coefficient (Wildman–Crippen LogP) is 7.44. The van der Waals surface area contributed by atoms with Crippen molar-refractivity contribution < 1.29 is 4.79 Å². The Hall–Kier alpha value is -2.18. The summed E-state index contributed by atoms with van der Waals surface area (Å²) in [4.78, 5) is 2.97. The molecule has 152 valence electrons. The van der Waals surface area contributed by atoms with Gasteiger partial charge in [0.25, 0.3) is 6.21 Å². The van der Waals surface area contributed by atoms with E-state index in [1.807, 2.05) is 0 Å². The Morgan fingerprint density at radius 2 is 1.14 bits per heavy atom. The van der Waals surface area contributed by atoms with Crippen LogP contribution >= 0.6 is 0 Å².